The number of hydrogen-bond acceptors (Lipinski definition) is 4. The number of amides is 3. The van der Waals surface area contributed by atoms with Crippen molar-refractivity contribution in [2.24, 2.45) is 5.92 Å². The van der Waals surface area contributed by atoms with Gasteiger partial charge in [-0.05, 0) is 86.1 Å². The van der Waals surface area contributed by atoms with Crippen LogP contribution >= 0.6 is 0 Å². The molecule has 0 bridgehead atoms. The number of carboxylic acid groups (broad SMARTS) is 1. The van der Waals surface area contributed by atoms with E-state index in [0.717, 1.165) is 59.9 Å². The molecular formula is C32H37N3O5. The average molecular weight is 544 g/mol. The van der Waals surface area contributed by atoms with Gasteiger partial charge in [0.05, 0.1) is 18.4 Å². The highest BCUT2D eigenvalue weighted by Gasteiger charge is 2.31. The molecule has 3 aromatic carbocycles. The summed E-state index contributed by atoms with van der Waals surface area (Å²) in [4.78, 5) is 38.8. The van der Waals surface area contributed by atoms with E-state index in [0.29, 0.717) is 11.4 Å². The van der Waals surface area contributed by atoms with Crippen LogP contribution in [0.4, 0.5) is 16.2 Å². The molecule has 0 saturated heterocycles. The molecule has 4 N–H and O–H groups in total. The number of benzene rings is 3. The number of aliphatic carboxylic acids is 1. The number of carboxylic acids is 1. The van der Waals surface area contributed by atoms with Gasteiger partial charge in [-0.25, -0.2) is 9.59 Å². The largest absolute Gasteiger partial charge is 0.497 e. The zero-order chi connectivity index (χ0) is 28.8. The predicted octanol–water partition coefficient (Wildman–Crippen LogP) is 6.69. The molecule has 8 heteroatoms. The van der Waals surface area contributed by atoms with Gasteiger partial charge < -0.3 is 25.8 Å². The summed E-state index contributed by atoms with van der Waals surface area (Å²) in [5.41, 5.74) is 5.75. The van der Waals surface area contributed by atoms with Crippen molar-refractivity contribution in [1.29, 1.82) is 0 Å². The fourth-order valence-corrected chi connectivity index (χ4v) is 5.52. The highest BCUT2D eigenvalue weighted by Crippen LogP contribution is 2.30. The van der Waals surface area contributed by atoms with Crippen LogP contribution in [-0.2, 0) is 4.79 Å². The lowest BCUT2D eigenvalue weighted by Gasteiger charge is -2.28. The molecule has 3 aromatic rings. The fraction of sp³-hybridized carbons (Fsp3) is 0.344. The molecule has 0 unspecified atom stereocenters. The Labute approximate surface area is 235 Å². The van der Waals surface area contributed by atoms with Gasteiger partial charge in [-0.2, -0.15) is 0 Å². The van der Waals surface area contributed by atoms with E-state index in [1.54, 1.807) is 25.3 Å². The zero-order valence-corrected chi connectivity index (χ0v) is 23.5. The number of nitrogens with one attached hydrogen (secondary N) is 3. The first-order valence-corrected chi connectivity index (χ1v) is 13.6. The minimum absolute atomic E-state index is 0.124. The summed E-state index contributed by atoms with van der Waals surface area (Å²) in [5, 5.41) is 18.4. The lowest BCUT2D eigenvalue weighted by Crippen LogP contribution is -2.46. The van der Waals surface area contributed by atoms with Crippen LogP contribution in [0.1, 0.15) is 59.2 Å². The van der Waals surface area contributed by atoms with Gasteiger partial charge in [0.25, 0.3) is 5.91 Å². The number of urea groups is 1. The van der Waals surface area contributed by atoms with Gasteiger partial charge in [-0.15, -0.1) is 0 Å². The van der Waals surface area contributed by atoms with Crippen molar-refractivity contribution in [2.45, 2.75) is 58.9 Å². The molecule has 1 atom stereocenters. The Bertz CT molecular complexity index is 1370. The molecule has 0 aromatic heterocycles. The van der Waals surface area contributed by atoms with Crippen LogP contribution in [0.5, 0.6) is 5.75 Å². The van der Waals surface area contributed by atoms with Crippen LogP contribution in [0, 0.1) is 26.7 Å². The number of methoxy groups -OCH3 is 1. The average Bonchev–Trinajstić information content (AvgIpc) is 2.94. The first-order valence-electron chi connectivity index (χ1n) is 13.6. The molecule has 210 valence electrons. The molecule has 1 aliphatic carbocycles. The minimum atomic E-state index is -1.05. The number of aryl methyl sites for hydroxylation is 3. The molecule has 8 nitrogen and oxygen atoms in total. The van der Waals surface area contributed by atoms with Crippen molar-refractivity contribution in [1.82, 2.24) is 5.32 Å². The summed E-state index contributed by atoms with van der Waals surface area (Å²) in [6.07, 6.45) is 4.50. The Morgan fingerprint density at radius 1 is 0.850 bits per heavy atom. The van der Waals surface area contributed by atoms with E-state index >= 15 is 0 Å². The van der Waals surface area contributed by atoms with E-state index < -0.39 is 23.9 Å². The molecule has 40 heavy (non-hydrogen) atoms. The van der Waals surface area contributed by atoms with Gasteiger partial charge in [0.2, 0.25) is 0 Å². The lowest BCUT2D eigenvalue weighted by molar-refractivity contribution is -0.141. The minimum Gasteiger partial charge on any atom is -0.497 e. The fourth-order valence-electron chi connectivity index (χ4n) is 5.52. The molecule has 4 rings (SSSR count). The zero-order valence-electron chi connectivity index (χ0n) is 23.5. The molecule has 0 aliphatic heterocycles. The van der Waals surface area contributed by atoms with Crippen molar-refractivity contribution < 1.29 is 24.2 Å². The van der Waals surface area contributed by atoms with Crippen LogP contribution < -0.4 is 20.7 Å². The van der Waals surface area contributed by atoms with E-state index in [4.69, 9.17) is 4.74 Å². The smallest absolute Gasteiger partial charge is 0.326 e. The van der Waals surface area contributed by atoms with Gasteiger partial charge in [-0.3, -0.25) is 4.79 Å². The van der Waals surface area contributed by atoms with Crippen molar-refractivity contribution in [2.75, 3.05) is 17.7 Å². The van der Waals surface area contributed by atoms with E-state index in [9.17, 15) is 19.5 Å². The van der Waals surface area contributed by atoms with Crippen molar-refractivity contribution >= 4 is 29.3 Å². The second-order valence-corrected chi connectivity index (χ2v) is 10.5. The monoisotopic (exact) mass is 543 g/mol. The third kappa shape index (κ3) is 6.81. The van der Waals surface area contributed by atoms with Crippen LogP contribution in [0.25, 0.3) is 11.1 Å². The van der Waals surface area contributed by atoms with Crippen LogP contribution in [0.2, 0.25) is 0 Å². The summed E-state index contributed by atoms with van der Waals surface area (Å²) in [6, 6.07) is 15.1. The van der Waals surface area contributed by atoms with E-state index in [-0.39, 0.29) is 17.2 Å². The second-order valence-electron chi connectivity index (χ2n) is 10.5. The number of ether oxygens (including phenoxy) is 1. The van der Waals surface area contributed by atoms with Crippen molar-refractivity contribution in [3.05, 3.63) is 76.9 Å². The molecule has 3 amide bonds. The van der Waals surface area contributed by atoms with Gasteiger partial charge >= 0.3 is 12.0 Å². The van der Waals surface area contributed by atoms with Crippen molar-refractivity contribution in [3.8, 4) is 16.9 Å². The topological polar surface area (TPSA) is 117 Å². The second kappa shape index (κ2) is 12.7. The summed E-state index contributed by atoms with van der Waals surface area (Å²) < 4.78 is 5.26. The highest BCUT2D eigenvalue weighted by molar-refractivity contribution is 6.08. The summed E-state index contributed by atoms with van der Waals surface area (Å²) in [5.74, 6) is -1.00. The molecular weight excluding hydrogens is 506 g/mol. The first kappa shape index (κ1) is 28.7. The Morgan fingerprint density at radius 2 is 1.48 bits per heavy atom. The summed E-state index contributed by atoms with van der Waals surface area (Å²) in [6.45, 7) is 5.85. The highest BCUT2D eigenvalue weighted by atomic mass is 16.5. The van der Waals surface area contributed by atoms with Crippen LogP contribution in [0.15, 0.2) is 54.6 Å². The van der Waals surface area contributed by atoms with Crippen LogP contribution in [0.3, 0.4) is 0 Å². The number of carbonyl (C=O) groups is 3. The van der Waals surface area contributed by atoms with Crippen molar-refractivity contribution in [3.63, 3.8) is 0 Å². The first-order chi connectivity index (χ1) is 19.2. The molecule has 1 fully saturated rings. The third-order valence-corrected chi connectivity index (χ3v) is 7.53. The lowest BCUT2D eigenvalue weighted by atomic mass is 9.83. The van der Waals surface area contributed by atoms with Gasteiger partial charge in [0.15, 0.2) is 0 Å². The summed E-state index contributed by atoms with van der Waals surface area (Å²) >= 11 is 0. The number of carbonyl (C=O) groups excluding carboxylic acids is 2. The number of rotatable bonds is 8. The number of hydrogen-bond donors (Lipinski definition) is 4. The maximum absolute atomic E-state index is 13.5. The van der Waals surface area contributed by atoms with E-state index in [1.807, 2.05) is 57.2 Å². The molecule has 0 spiro atoms. The Balaban J connectivity index is 1.65. The molecule has 0 heterocycles. The Kier molecular flexibility index (Phi) is 9.09. The standard InChI is InChI=1S/C32H37N3O5/c1-19-16-20(2)28(21(3)17-19)35-32(39)33-27-18-24(22-10-13-25(40-4)14-11-22)12-15-26(27)30(36)34-29(31(37)38)23-8-6-5-7-9-23/h10-18,23,29H,5-9H2,1-4H3,(H,34,36)(H,37,38)(H2,33,35,39)/t29-/m0/s1. The maximum Gasteiger partial charge on any atom is 0.326 e. The third-order valence-electron chi connectivity index (χ3n) is 7.53. The van der Waals surface area contributed by atoms with Crippen LogP contribution in [-0.4, -0.2) is 36.2 Å². The van der Waals surface area contributed by atoms with Gasteiger partial charge in [0, 0.05) is 5.69 Å². The molecule has 1 aliphatic rings. The maximum atomic E-state index is 13.5. The summed E-state index contributed by atoms with van der Waals surface area (Å²) in [7, 11) is 1.60. The SMILES string of the molecule is COc1ccc(-c2ccc(C(=O)N[C@H](C(=O)O)C3CCCCC3)c(NC(=O)Nc3c(C)cc(C)cc3C)c2)cc1. The quantitative estimate of drug-likeness (QED) is 0.252. The molecule has 1 saturated carbocycles. The van der Waals surface area contributed by atoms with E-state index in [2.05, 4.69) is 16.0 Å². The Morgan fingerprint density at radius 3 is 2.08 bits per heavy atom. The Hall–Kier alpha value is -4.33. The van der Waals surface area contributed by atoms with Gasteiger partial charge in [-0.1, -0.05) is 55.2 Å². The van der Waals surface area contributed by atoms with E-state index in [1.165, 1.54) is 0 Å². The normalized spacial score (nSPS) is 14.2. The number of anilines is 2. The van der Waals surface area contributed by atoms with Gasteiger partial charge in [0.1, 0.15) is 11.8 Å². The predicted molar refractivity (Wildman–Crippen MR) is 157 cm³/mol. The molecule has 0 radical (unpaired) electrons.